The highest BCUT2D eigenvalue weighted by atomic mass is 16.3. The van der Waals surface area contributed by atoms with Gasteiger partial charge in [-0.05, 0) is 24.2 Å². The van der Waals surface area contributed by atoms with E-state index in [1.54, 1.807) is 0 Å². The molecule has 0 bridgehead atoms. The first-order valence-corrected chi connectivity index (χ1v) is 4.65. The lowest BCUT2D eigenvalue weighted by atomic mass is 9.88. The maximum absolute atomic E-state index is 9.60. The van der Waals surface area contributed by atoms with Gasteiger partial charge in [0.25, 0.3) is 0 Å². The van der Waals surface area contributed by atoms with Crippen molar-refractivity contribution >= 4 is 0 Å². The molecule has 1 rings (SSSR count). The molecule has 0 heterocycles. The molecule has 1 nitrogen and oxygen atoms in total. The molecule has 66 valence electrons. The van der Waals surface area contributed by atoms with Crippen LogP contribution >= 0.6 is 0 Å². The van der Waals surface area contributed by atoms with E-state index in [-0.39, 0.29) is 11.5 Å². The normalized spacial score (nSPS) is 21.8. The molecule has 0 amide bonds. The van der Waals surface area contributed by atoms with Gasteiger partial charge in [-0.1, -0.05) is 33.6 Å². The summed E-state index contributed by atoms with van der Waals surface area (Å²) in [6, 6.07) is 0. The SMILES string of the molecule is CC(C)(C)CC(O)CC1CC1. The van der Waals surface area contributed by atoms with Crippen molar-refractivity contribution < 1.29 is 5.11 Å². The molecule has 1 heteroatoms. The zero-order valence-electron chi connectivity index (χ0n) is 7.93. The first-order valence-electron chi connectivity index (χ1n) is 4.65. The lowest BCUT2D eigenvalue weighted by Crippen LogP contribution is -2.17. The molecule has 1 unspecified atom stereocenters. The Morgan fingerprint density at radius 2 is 1.91 bits per heavy atom. The van der Waals surface area contributed by atoms with Crippen LogP contribution in [0.4, 0.5) is 0 Å². The van der Waals surface area contributed by atoms with Gasteiger partial charge in [0.1, 0.15) is 0 Å². The molecule has 1 N–H and O–H groups in total. The number of aliphatic hydroxyl groups is 1. The third kappa shape index (κ3) is 4.41. The predicted octanol–water partition coefficient (Wildman–Crippen LogP) is 2.58. The topological polar surface area (TPSA) is 20.2 Å². The molecule has 0 aromatic rings. The summed E-state index contributed by atoms with van der Waals surface area (Å²) in [4.78, 5) is 0. The number of rotatable bonds is 3. The van der Waals surface area contributed by atoms with Crippen LogP contribution in [0, 0.1) is 11.3 Å². The molecule has 0 aromatic carbocycles. The molecule has 0 aliphatic heterocycles. The lowest BCUT2D eigenvalue weighted by Gasteiger charge is -2.22. The lowest BCUT2D eigenvalue weighted by molar-refractivity contribution is 0.108. The van der Waals surface area contributed by atoms with Gasteiger partial charge in [0, 0.05) is 0 Å². The van der Waals surface area contributed by atoms with Crippen LogP contribution in [-0.2, 0) is 0 Å². The fourth-order valence-corrected chi connectivity index (χ4v) is 1.53. The van der Waals surface area contributed by atoms with E-state index < -0.39 is 0 Å². The first-order chi connectivity index (χ1) is 4.97. The number of hydrogen-bond acceptors (Lipinski definition) is 1. The van der Waals surface area contributed by atoms with E-state index in [1.165, 1.54) is 12.8 Å². The minimum absolute atomic E-state index is 0.0532. The van der Waals surface area contributed by atoms with Crippen molar-refractivity contribution in [3.05, 3.63) is 0 Å². The maximum atomic E-state index is 9.60. The van der Waals surface area contributed by atoms with Crippen LogP contribution in [-0.4, -0.2) is 11.2 Å². The summed E-state index contributed by atoms with van der Waals surface area (Å²) in [7, 11) is 0. The smallest absolute Gasteiger partial charge is 0.0547 e. The summed E-state index contributed by atoms with van der Waals surface area (Å²) >= 11 is 0. The summed E-state index contributed by atoms with van der Waals surface area (Å²) in [5, 5.41) is 9.60. The van der Waals surface area contributed by atoms with Crippen LogP contribution in [0.1, 0.15) is 46.5 Å². The summed E-state index contributed by atoms with van der Waals surface area (Å²) in [5.74, 6) is 0.854. The van der Waals surface area contributed by atoms with Gasteiger partial charge in [0.15, 0.2) is 0 Å². The Morgan fingerprint density at radius 1 is 1.36 bits per heavy atom. The van der Waals surface area contributed by atoms with E-state index in [1.807, 2.05) is 0 Å². The Morgan fingerprint density at radius 3 is 2.27 bits per heavy atom. The van der Waals surface area contributed by atoms with Gasteiger partial charge in [-0.2, -0.15) is 0 Å². The van der Waals surface area contributed by atoms with E-state index in [0.717, 1.165) is 18.8 Å². The van der Waals surface area contributed by atoms with Gasteiger partial charge < -0.3 is 5.11 Å². The highest BCUT2D eigenvalue weighted by Gasteiger charge is 2.26. The zero-order chi connectivity index (χ0) is 8.48. The van der Waals surface area contributed by atoms with E-state index in [9.17, 15) is 5.11 Å². The Balaban J connectivity index is 2.13. The van der Waals surface area contributed by atoms with Gasteiger partial charge in [-0.3, -0.25) is 0 Å². The third-order valence-corrected chi connectivity index (χ3v) is 2.15. The van der Waals surface area contributed by atoms with Crippen molar-refractivity contribution in [2.45, 2.75) is 52.6 Å². The maximum Gasteiger partial charge on any atom is 0.0547 e. The molecule has 11 heavy (non-hydrogen) atoms. The Bertz CT molecular complexity index is 119. The average molecular weight is 156 g/mol. The van der Waals surface area contributed by atoms with Crippen LogP contribution in [0.15, 0.2) is 0 Å². The Kier molecular flexibility index (Phi) is 2.58. The molecule has 0 spiro atoms. The van der Waals surface area contributed by atoms with E-state index in [4.69, 9.17) is 0 Å². The zero-order valence-corrected chi connectivity index (χ0v) is 7.93. The molecular formula is C10H20O. The van der Waals surface area contributed by atoms with E-state index >= 15 is 0 Å². The van der Waals surface area contributed by atoms with Crippen molar-refractivity contribution in [2.75, 3.05) is 0 Å². The van der Waals surface area contributed by atoms with E-state index in [2.05, 4.69) is 20.8 Å². The van der Waals surface area contributed by atoms with Crippen LogP contribution < -0.4 is 0 Å². The summed E-state index contributed by atoms with van der Waals surface area (Å²) < 4.78 is 0. The van der Waals surface area contributed by atoms with Crippen LogP contribution in [0.3, 0.4) is 0 Å². The van der Waals surface area contributed by atoms with Gasteiger partial charge in [-0.15, -0.1) is 0 Å². The second kappa shape index (κ2) is 3.14. The van der Waals surface area contributed by atoms with Crippen molar-refractivity contribution in [1.82, 2.24) is 0 Å². The second-order valence-electron chi connectivity index (χ2n) is 5.10. The summed E-state index contributed by atoms with van der Waals surface area (Å²) in [6.07, 6.45) is 4.63. The largest absolute Gasteiger partial charge is 0.393 e. The minimum atomic E-state index is -0.0532. The average Bonchev–Trinajstić information content (AvgIpc) is 2.42. The quantitative estimate of drug-likeness (QED) is 0.666. The first kappa shape index (κ1) is 9.05. The fourth-order valence-electron chi connectivity index (χ4n) is 1.53. The van der Waals surface area contributed by atoms with Crippen molar-refractivity contribution in [2.24, 2.45) is 11.3 Å². The molecular weight excluding hydrogens is 136 g/mol. The van der Waals surface area contributed by atoms with Gasteiger partial charge in [0.2, 0.25) is 0 Å². The number of aliphatic hydroxyl groups excluding tert-OH is 1. The van der Waals surface area contributed by atoms with Crippen LogP contribution in [0.2, 0.25) is 0 Å². The standard InChI is InChI=1S/C10H20O/c1-10(2,3)7-9(11)6-8-4-5-8/h8-9,11H,4-7H2,1-3H3. The molecule has 0 aromatic heterocycles. The Labute approximate surface area is 69.8 Å². The molecule has 0 saturated heterocycles. The van der Waals surface area contributed by atoms with Crippen molar-refractivity contribution in [1.29, 1.82) is 0 Å². The van der Waals surface area contributed by atoms with Gasteiger partial charge in [-0.25, -0.2) is 0 Å². The highest BCUT2D eigenvalue weighted by molar-refractivity contribution is 4.78. The second-order valence-corrected chi connectivity index (χ2v) is 5.10. The predicted molar refractivity (Wildman–Crippen MR) is 47.4 cm³/mol. The molecule has 1 saturated carbocycles. The number of hydrogen-bond donors (Lipinski definition) is 1. The van der Waals surface area contributed by atoms with Gasteiger partial charge >= 0.3 is 0 Å². The van der Waals surface area contributed by atoms with Crippen LogP contribution in [0.25, 0.3) is 0 Å². The molecule has 1 aliphatic carbocycles. The van der Waals surface area contributed by atoms with Gasteiger partial charge in [0.05, 0.1) is 6.10 Å². The molecule has 1 fully saturated rings. The third-order valence-electron chi connectivity index (χ3n) is 2.15. The molecule has 1 aliphatic rings. The van der Waals surface area contributed by atoms with Crippen LogP contribution in [0.5, 0.6) is 0 Å². The molecule has 0 radical (unpaired) electrons. The minimum Gasteiger partial charge on any atom is -0.393 e. The van der Waals surface area contributed by atoms with E-state index in [0.29, 0.717) is 0 Å². The van der Waals surface area contributed by atoms with Crippen molar-refractivity contribution in [3.8, 4) is 0 Å². The summed E-state index contributed by atoms with van der Waals surface area (Å²) in [6.45, 7) is 6.55. The Hall–Kier alpha value is -0.0400. The highest BCUT2D eigenvalue weighted by Crippen LogP contribution is 2.35. The summed E-state index contributed by atoms with van der Waals surface area (Å²) in [5.41, 5.74) is 0.286. The fraction of sp³-hybridized carbons (Fsp3) is 1.00. The molecule has 1 atom stereocenters. The monoisotopic (exact) mass is 156 g/mol. The van der Waals surface area contributed by atoms with Crippen molar-refractivity contribution in [3.63, 3.8) is 0 Å².